The van der Waals surface area contributed by atoms with Crippen molar-refractivity contribution in [2.75, 3.05) is 7.11 Å². The standard InChI is InChI=1S/C12H19BrN2O/c1-12(2,3)10(13)6-5-9-11(16-4)15-8-7-14-9/h7-8,10H,5-6H2,1-4H3. The average molecular weight is 287 g/mol. The van der Waals surface area contributed by atoms with Crippen LogP contribution in [0.25, 0.3) is 0 Å². The van der Waals surface area contributed by atoms with E-state index in [1.54, 1.807) is 19.5 Å². The Balaban J connectivity index is 2.61. The molecule has 0 aromatic carbocycles. The maximum Gasteiger partial charge on any atom is 0.235 e. The molecular formula is C12H19BrN2O. The third kappa shape index (κ3) is 3.74. The van der Waals surface area contributed by atoms with E-state index in [1.165, 1.54) is 0 Å². The van der Waals surface area contributed by atoms with Crippen LogP contribution < -0.4 is 4.74 Å². The van der Waals surface area contributed by atoms with Gasteiger partial charge < -0.3 is 4.74 Å². The maximum atomic E-state index is 5.17. The molecule has 90 valence electrons. The van der Waals surface area contributed by atoms with E-state index in [1.807, 2.05) is 0 Å². The first kappa shape index (κ1) is 13.4. The van der Waals surface area contributed by atoms with Crippen molar-refractivity contribution in [3.8, 4) is 5.88 Å². The number of aryl methyl sites for hydroxylation is 1. The fourth-order valence-electron chi connectivity index (χ4n) is 1.39. The minimum Gasteiger partial charge on any atom is -0.480 e. The van der Waals surface area contributed by atoms with E-state index in [-0.39, 0.29) is 5.41 Å². The van der Waals surface area contributed by atoms with Gasteiger partial charge in [-0.25, -0.2) is 4.98 Å². The Morgan fingerprint density at radius 3 is 2.50 bits per heavy atom. The molecule has 0 fully saturated rings. The fraction of sp³-hybridized carbons (Fsp3) is 0.667. The Kier molecular flexibility index (Phi) is 4.71. The van der Waals surface area contributed by atoms with E-state index in [0.717, 1.165) is 18.5 Å². The molecule has 3 nitrogen and oxygen atoms in total. The summed E-state index contributed by atoms with van der Waals surface area (Å²) in [6, 6.07) is 0. The van der Waals surface area contributed by atoms with Gasteiger partial charge >= 0.3 is 0 Å². The highest BCUT2D eigenvalue weighted by Crippen LogP contribution is 2.30. The number of hydrogen-bond donors (Lipinski definition) is 0. The summed E-state index contributed by atoms with van der Waals surface area (Å²) in [5, 5.41) is 0. The van der Waals surface area contributed by atoms with Crippen LogP contribution in [0, 0.1) is 5.41 Å². The molecule has 1 unspecified atom stereocenters. The van der Waals surface area contributed by atoms with Gasteiger partial charge in [-0.2, -0.15) is 0 Å². The molecule has 0 radical (unpaired) electrons. The van der Waals surface area contributed by atoms with E-state index < -0.39 is 0 Å². The SMILES string of the molecule is COc1nccnc1CCC(Br)C(C)(C)C. The smallest absolute Gasteiger partial charge is 0.235 e. The lowest BCUT2D eigenvalue weighted by Gasteiger charge is -2.25. The fourth-order valence-corrected chi connectivity index (χ4v) is 1.62. The van der Waals surface area contributed by atoms with Gasteiger partial charge in [0.25, 0.3) is 0 Å². The zero-order valence-electron chi connectivity index (χ0n) is 10.3. The first-order valence-corrected chi connectivity index (χ1v) is 6.34. The molecule has 0 saturated carbocycles. The van der Waals surface area contributed by atoms with Crippen LogP contribution in [-0.2, 0) is 6.42 Å². The lowest BCUT2D eigenvalue weighted by atomic mass is 9.89. The molecule has 0 aliphatic heterocycles. The third-order valence-corrected chi connectivity index (χ3v) is 4.33. The largest absolute Gasteiger partial charge is 0.480 e. The Morgan fingerprint density at radius 2 is 1.94 bits per heavy atom. The lowest BCUT2D eigenvalue weighted by Crippen LogP contribution is -2.21. The van der Waals surface area contributed by atoms with Crippen molar-refractivity contribution >= 4 is 15.9 Å². The number of alkyl halides is 1. The van der Waals surface area contributed by atoms with Crippen LogP contribution >= 0.6 is 15.9 Å². The van der Waals surface area contributed by atoms with Crippen LogP contribution in [0.3, 0.4) is 0 Å². The summed E-state index contributed by atoms with van der Waals surface area (Å²) in [5.74, 6) is 0.635. The summed E-state index contributed by atoms with van der Waals surface area (Å²) in [4.78, 5) is 8.90. The molecule has 1 rings (SSSR count). The van der Waals surface area contributed by atoms with Crippen molar-refractivity contribution in [1.82, 2.24) is 9.97 Å². The van der Waals surface area contributed by atoms with Gasteiger partial charge in [0.05, 0.1) is 7.11 Å². The molecule has 1 heterocycles. The number of rotatable bonds is 4. The van der Waals surface area contributed by atoms with Crippen molar-refractivity contribution in [3.63, 3.8) is 0 Å². The highest BCUT2D eigenvalue weighted by Gasteiger charge is 2.22. The van der Waals surface area contributed by atoms with Crippen molar-refractivity contribution in [2.45, 2.75) is 38.4 Å². The third-order valence-electron chi connectivity index (χ3n) is 2.50. The van der Waals surface area contributed by atoms with Crippen LogP contribution in [0.5, 0.6) is 5.88 Å². The topological polar surface area (TPSA) is 35.0 Å². The highest BCUT2D eigenvalue weighted by molar-refractivity contribution is 9.09. The normalized spacial score (nSPS) is 13.6. The van der Waals surface area contributed by atoms with Crippen molar-refractivity contribution in [2.24, 2.45) is 5.41 Å². The van der Waals surface area contributed by atoms with Gasteiger partial charge in [0.15, 0.2) is 0 Å². The molecule has 0 amide bonds. The number of halogens is 1. The van der Waals surface area contributed by atoms with Crippen LogP contribution in [0.15, 0.2) is 12.4 Å². The maximum absolute atomic E-state index is 5.17. The molecule has 0 aliphatic carbocycles. The quantitative estimate of drug-likeness (QED) is 0.797. The number of ether oxygens (including phenoxy) is 1. The molecule has 0 N–H and O–H groups in total. The average Bonchev–Trinajstić information content (AvgIpc) is 2.24. The van der Waals surface area contributed by atoms with Gasteiger partial charge in [0.1, 0.15) is 5.69 Å². The van der Waals surface area contributed by atoms with Gasteiger partial charge in [-0.3, -0.25) is 4.98 Å². The molecule has 1 atom stereocenters. The Morgan fingerprint density at radius 1 is 1.31 bits per heavy atom. The van der Waals surface area contributed by atoms with Crippen molar-refractivity contribution in [1.29, 1.82) is 0 Å². The first-order valence-electron chi connectivity index (χ1n) is 5.43. The van der Waals surface area contributed by atoms with Crippen molar-refractivity contribution in [3.05, 3.63) is 18.1 Å². The second kappa shape index (κ2) is 5.62. The molecule has 1 aromatic heterocycles. The second-order valence-electron chi connectivity index (χ2n) is 4.88. The van der Waals surface area contributed by atoms with Gasteiger partial charge in [0, 0.05) is 17.2 Å². The molecular weight excluding hydrogens is 268 g/mol. The van der Waals surface area contributed by atoms with E-state index in [4.69, 9.17) is 4.74 Å². The Labute approximate surface area is 106 Å². The second-order valence-corrected chi connectivity index (χ2v) is 5.99. The Hall–Kier alpha value is -0.640. The van der Waals surface area contributed by atoms with E-state index in [0.29, 0.717) is 10.7 Å². The molecule has 1 aromatic rings. The number of aromatic nitrogens is 2. The molecule has 0 aliphatic rings. The lowest BCUT2D eigenvalue weighted by molar-refractivity contribution is 0.372. The highest BCUT2D eigenvalue weighted by atomic mass is 79.9. The molecule has 0 spiro atoms. The minimum absolute atomic E-state index is 0.259. The summed E-state index contributed by atoms with van der Waals surface area (Å²) < 4.78 is 5.17. The molecule has 16 heavy (non-hydrogen) atoms. The molecule has 0 saturated heterocycles. The number of hydrogen-bond acceptors (Lipinski definition) is 3. The van der Waals surface area contributed by atoms with Crippen LogP contribution in [0.1, 0.15) is 32.9 Å². The van der Waals surface area contributed by atoms with E-state index in [9.17, 15) is 0 Å². The summed E-state index contributed by atoms with van der Waals surface area (Å²) in [6.07, 6.45) is 5.26. The zero-order valence-corrected chi connectivity index (χ0v) is 11.9. The summed E-state index contributed by atoms with van der Waals surface area (Å²) in [5.41, 5.74) is 1.19. The number of nitrogens with zero attached hydrogens (tertiary/aromatic N) is 2. The molecule has 0 bridgehead atoms. The van der Waals surface area contributed by atoms with Gasteiger partial charge in [0.2, 0.25) is 5.88 Å². The van der Waals surface area contributed by atoms with E-state index >= 15 is 0 Å². The zero-order chi connectivity index (χ0) is 12.2. The van der Waals surface area contributed by atoms with Crippen LogP contribution in [-0.4, -0.2) is 21.9 Å². The monoisotopic (exact) mass is 286 g/mol. The summed E-state index contributed by atoms with van der Waals surface area (Å²) in [7, 11) is 1.63. The minimum atomic E-state index is 0.259. The van der Waals surface area contributed by atoms with Gasteiger partial charge in [-0.15, -0.1) is 0 Å². The number of methoxy groups -OCH3 is 1. The van der Waals surface area contributed by atoms with Crippen LogP contribution in [0.2, 0.25) is 0 Å². The Bertz CT molecular complexity index is 336. The predicted molar refractivity (Wildman–Crippen MR) is 69.1 cm³/mol. The summed E-state index contributed by atoms with van der Waals surface area (Å²) in [6.45, 7) is 6.67. The first-order chi connectivity index (χ1) is 7.45. The van der Waals surface area contributed by atoms with Crippen LogP contribution in [0.4, 0.5) is 0 Å². The summed E-state index contributed by atoms with van der Waals surface area (Å²) >= 11 is 3.71. The predicted octanol–water partition coefficient (Wildman–Crippen LogP) is 3.23. The van der Waals surface area contributed by atoms with Gasteiger partial charge in [-0.05, 0) is 18.3 Å². The van der Waals surface area contributed by atoms with Gasteiger partial charge in [-0.1, -0.05) is 36.7 Å². The van der Waals surface area contributed by atoms with Crippen molar-refractivity contribution < 1.29 is 4.74 Å². The van der Waals surface area contributed by atoms with E-state index in [2.05, 4.69) is 46.7 Å². The molecule has 4 heteroatoms.